The molecule has 0 bridgehead atoms. The minimum Gasteiger partial charge on any atom is -0.343 e. The number of carbonyl (C=O) groups is 2. The molecule has 0 heterocycles. The van der Waals surface area contributed by atoms with Gasteiger partial charge >= 0.3 is 0 Å². The summed E-state index contributed by atoms with van der Waals surface area (Å²) in [5.74, 6) is -0.477. The van der Waals surface area contributed by atoms with Crippen molar-refractivity contribution in [3.8, 4) is 0 Å². The molecule has 0 aliphatic heterocycles. The standard InChI is InChI=1S/C16H15ClN2O2/c1-19(14-9-7-13(17)8-10-14)15(20)11-18-16(21)12-5-3-2-4-6-12/h2-10H,11H2,1H3,(H,18,21). The Labute approximate surface area is 128 Å². The highest BCUT2D eigenvalue weighted by Gasteiger charge is 2.12. The first-order chi connectivity index (χ1) is 10.1. The zero-order valence-electron chi connectivity index (χ0n) is 11.5. The summed E-state index contributed by atoms with van der Waals surface area (Å²) in [6, 6.07) is 15.7. The molecule has 0 saturated heterocycles. The molecule has 0 atom stereocenters. The van der Waals surface area contributed by atoms with Gasteiger partial charge in [0, 0.05) is 23.3 Å². The molecule has 2 aromatic carbocycles. The molecule has 0 aliphatic rings. The first kappa shape index (κ1) is 15.1. The van der Waals surface area contributed by atoms with Crippen molar-refractivity contribution < 1.29 is 9.59 Å². The first-order valence-electron chi connectivity index (χ1n) is 6.43. The molecule has 0 saturated carbocycles. The van der Waals surface area contributed by atoms with Crippen LogP contribution in [0.5, 0.6) is 0 Å². The van der Waals surface area contributed by atoms with Crippen molar-refractivity contribution in [2.75, 3.05) is 18.5 Å². The fraction of sp³-hybridized carbons (Fsp3) is 0.125. The molecule has 0 aliphatic carbocycles. The van der Waals surface area contributed by atoms with E-state index in [2.05, 4.69) is 5.32 Å². The molecule has 2 rings (SSSR count). The maximum absolute atomic E-state index is 12.0. The number of rotatable bonds is 4. The number of anilines is 1. The monoisotopic (exact) mass is 302 g/mol. The van der Waals surface area contributed by atoms with Gasteiger partial charge < -0.3 is 10.2 Å². The molecule has 0 aromatic heterocycles. The van der Waals surface area contributed by atoms with Gasteiger partial charge in [0.25, 0.3) is 5.91 Å². The fourth-order valence-electron chi connectivity index (χ4n) is 1.77. The lowest BCUT2D eigenvalue weighted by Crippen LogP contribution is -2.38. The van der Waals surface area contributed by atoms with E-state index in [-0.39, 0.29) is 18.4 Å². The lowest BCUT2D eigenvalue weighted by atomic mass is 10.2. The molecular weight excluding hydrogens is 288 g/mol. The Morgan fingerprint density at radius 1 is 1.05 bits per heavy atom. The second-order valence-corrected chi connectivity index (χ2v) is 4.91. The van der Waals surface area contributed by atoms with Crippen LogP contribution in [-0.4, -0.2) is 25.4 Å². The van der Waals surface area contributed by atoms with E-state index >= 15 is 0 Å². The van der Waals surface area contributed by atoms with E-state index in [9.17, 15) is 9.59 Å². The Morgan fingerprint density at radius 3 is 2.29 bits per heavy atom. The minimum absolute atomic E-state index is 0.0626. The van der Waals surface area contributed by atoms with E-state index in [4.69, 9.17) is 11.6 Å². The zero-order valence-corrected chi connectivity index (χ0v) is 12.3. The summed E-state index contributed by atoms with van der Waals surface area (Å²) >= 11 is 5.81. The number of likely N-dealkylation sites (N-methyl/N-ethyl adjacent to an activating group) is 1. The smallest absolute Gasteiger partial charge is 0.251 e. The number of amides is 2. The number of halogens is 1. The normalized spacial score (nSPS) is 10.0. The molecule has 4 nitrogen and oxygen atoms in total. The third-order valence-electron chi connectivity index (χ3n) is 3.02. The molecule has 2 amide bonds. The van der Waals surface area contributed by atoms with Gasteiger partial charge in [-0.3, -0.25) is 9.59 Å². The van der Waals surface area contributed by atoms with Crippen LogP contribution < -0.4 is 10.2 Å². The quantitative estimate of drug-likeness (QED) is 0.944. The number of hydrogen-bond acceptors (Lipinski definition) is 2. The second-order valence-electron chi connectivity index (χ2n) is 4.48. The highest BCUT2D eigenvalue weighted by Crippen LogP contribution is 2.16. The number of nitrogens with zero attached hydrogens (tertiary/aromatic N) is 1. The maximum atomic E-state index is 12.0. The van der Waals surface area contributed by atoms with Gasteiger partial charge in [0.1, 0.15) is 0 Å². The van der Waals surface area contributed by atoms with Crippen LogP contribution in [0.4, 0.5) is 5.69 Å². The molecule has 0 unspecified atom stereocenters. The summed E-state index contributed by atoms with van der Waals surface area (Å²) in [6.07, 6.45) is 0. The largest absolute Gasteiger partial charge is 0.343 e. The van der Waals surface area contributed by atoms with Gasteiger partial charge in [-0.15, -0.1) is 0 Å². The lowest BCUT2D eigenvalue weighted by molar-refractivity contribution is -0.117. The number of nitrogens with one attached hydrogen (secondary N) is 1. The van der Waals surface area contributed by atoms with Crippen LogP contribution in [0.3, 0.4) is 0 Å². The molecule has 2 aromatic rings. The SMILES string of the molecule is CN(C(=O)CNC(=O)c1ccccc1)c1ccc(Cl)cc1. The van der Waals surface area contributed by atoms with E-state index in [0.717, 1.165) is 5.69 Å². The Kier molecular flexibility index (Phi) is 4.95. The van der Waals surface area contributed by atoms with Crippen LogP contribution in [0.1, 0.15) is 10.4 Å². The van der Waals surface area contributed by atoms with Crippen LogP contribution in [0, 0.1) is 0 Å². The molecule has 108 valence electrons. The third kappa shape index (κ3) is 4.07. The van der Waals surface area contributed by atoms with Gasteiger partial charge in [-0.25, -0.2) is 0 Å². The second kappa shape index (κ2) is 6.90. The van der Waals surface area contributed by atoms with Gasteiger partial charge in [0.15, 0.2) is 0 Å². The lowest BCUT2D eigenvalue weighted by Gasteiger charge is -2.17. The Balaban J connectivity index is 1.92. The third-order valence-corrected chi connectivity index (χ3v) is 3.28. The van der Waals surface area contributed by atoms with Crippen LogP contribution in [0.15, 0.2) is 54.6 Å². The van der Waals surface area contributed by atoms with Crippen molar-refractivity contribution in [2.45, 2.75) is 0 Å². The van der Waals surface area contributed by atoms with Gasteiger partial charge in [-0.05, 0) is 36.4 Å². The fourth-order valence-corrected chi connectivity index (χ4v) is 1.90. The van der Waals surface area contributed by atoms with E-state index in [1.165, 1.54) is 4.90 Å². The average Bonchev–Trinajstić information content (AvgIpc) is 2.53. The van der Waals surface area contributed by atoms with Crippen molar-refractivity contribution in [3.63, 3.8) is 0 Å². The van der Waals surface area contributed by atoms with Gasteiger partial charge in [0.05, 0.1) is 6.54 Å². The predicted molar refractivity (Wildman–Crippen MR) is 83.6 cm³/mol. The van der Waals surface area contributed by atoms with E-state index in [0.29, 0.717) is 10.6 Å². The molecule has 0 spiro atoms. The van der Waals surface area contributed by atoms with Crippen LogP contribution in [-0.2, 0) is 4.79 Å². The Hall–Kier alpha value is -2.33. The van der Waals surface area contributed by atoms with Crippen LogP contribution in [0.2, 0.25) is 5.02 Å². The van der Waals surface area contributed by atoms with E-state index in [1.54, 1.807) is 55.6 Å². The molecule has 1 N–H and O–H groups in total. The molecule has 21 heavy (non-hydrogen) atoms. The van der Waals surface area contributed by atoms with Crippen molar-refractivity contribution in [1.29, 1.82) is 0 Å². The van der Waals surface area contributed by atoms with Crippen molar-refractivity contribution in [3.05, 3.63) is 65.2 Å². The van der Waals surface area contributed by atoms with Crippen LogP contribution in [0.25, 0.3) is 0 Å². The summed E-state index contributed by atoms with van der Waals surface area (Å²) in [5.41, 5.74) is 1.25. The molecule has 0 radical (unpaired) electrons. The van der Waals surface area contributed by atoms with Crippen molar-refractivity contribution in [1.82, 2.24) is 5.32 Å². The Morgan fingerprint density at radius 2 is 1.67 bits per heavy atom. The van der Waals surface area contributed by atoms with E-state index < -0.39 is 0 Å². The summed E-state index contributed by atoms with van der Waals surface area (Å²) in [7, 11) is 1.65. The summed E-state index contributed by atoms with van der Waals surface area (Å²) in [6.45, 7) is -0.0626. The first-order valence-corrected chi connectivity index (χ1v) is 6.81. The van der Waals surface area contributed by atoms with Crippen molar-refractivity contribution >= 4 is 29.1 Å². The summed E-state index contributed by atoms with van der Waals surface area (Å²) < 4.78 is 0. The number of carbonyl (C=O) groups excluding carboxylic acids is 2. The highest BCUT2D eigenvalue weighted by atomic mass is 35.5. The molecule has 5 heteroatoms. The minimum atomic E-state index is -0.270. The van der Waals surface area contributed by atoms with Crippen LogP contribution >= 0.6 is 11.6 Å². The van der Waals surface area contributed by atoms with Gasteiger partial charge in [-0.1, -0.05) is 29.8 Å². The topological polar surface area (TPSA) is 49.4 Å². The zero-order chi connectivity index (χ0) is 15.2. The summed E-state index contributed by atoms with van der Waals surface area (Å²) in [5, 5.41) is 3.21. The molecule has 0 fully saturated rings. The van der Waals surface area contributed by atoms with Gasteiger partial charge in [-0.2, -0.15) is 0 Å². The number of benzene rings is 2. The predicted octanol–water partition coefficient (Wildman–Crippen LogP) is 2.73. The highest BCUT2D eigenvalue weighted by molar-refractivity contribution is 6.30. The molecular formula is C16H15ClN2O2. The number of hydrogen-bond donors (Lipinski definition) is 1. The van der Waals surface area contributed by atoms with Gasteiger partial charge in [0.2, 0.25) is 5.91 Å². The average molecular weight is 303 g/mol. The maximum Gasteiger partial charge on any atom is 0.251 e. The Bertz CT molecular complexity index is 626. The van der Waals surface area contributed by atoms with E-state index in [1.807, 2.05) is 6.07 Å². The summed E-state index contributed by atoms with van der Waals surface area (Å²) in [4.78, 5) is 25.4. The van der Waals surface area contributed by atoms with Crippen molar-refractivity contribution in [2.24, 2.45) is 0 Å².